The van der Waals surface area contributed by atoms with Gasteiger partial charge in [-0.05, 0) is 43.7 Å². The predicted octanol–water partition coefficient (Wildman–Crippen LogP) is 3.86. The average molecular weight is 287 g/mol. The van der Waals surface area contributed by atoms with E-state index in [9.17, 15) is 9.90 Å². The lowest BCUT2D eigenvalue weighted by molar-refractivity contribution is -0.139. The first kappa shape index (κ1) is 14.6. The summed E-state index contributed by atoms with van der Waals surface area (Å²) in [7, 11) is 0. The Hall–Kier alpha value is -1.35. The molecule has 2 aliphatic rings. The molecule has 114 valence electrons. The number of likely N-dealkylation sites (tertiary alicyclic amines) is 1. The summed E-state index contributed by atoms with van der Waals surface area (Å²) in [6.45, 7) is 1.05. The third-order valence-corrected chi connectivity index (χ3v) is 5.24. The summed E-state index contributed by atoms with van der Waals surface area (Å²) in [5.74, 6) is 0.0919. The van der Waals surface area contributed by atoms with E-state index < -0.39 is 5.97 Å². The number of nitrogens with zero attached hydrogens (tertiary/aromatic N) is 1. The fourth-order valence-corrected chi connectivity index (χ4v) is 4.32. The normalized spacial score (nSPS) is 27.8. The Morgan fingerprint density at radius 3 is 2.62 bits per heavy atom. The standard InChI is InChI=1S/C18H25NO2/c20-18(21)13-17(15-7-2-1-3-8-15)19-12-6-10-14-9-4-5-11-16(14)19/h1-3,7-8,14,16-17H,4-6,9-13H2,(H,20,21)/t14-,16-,17?/m1/s1. The number of fused-ring (bicyclic) bond motifs is 1. The molecule has 1 heterocycles. The van der Waals surface area contributed by atoms with Gasteiger partial charge >= 0.3 is 5.97 Å². The van der Waals surface area contributed by atoms with E-state index in [1.165, 1.54) is 38.5 Å². The number of carboxylic acids is 1. The molecule has 3 nitrogen and oxygen atoms in total. The number of carbonyl (C=O) groups is 1. The summed E-state index contributed by atoms with van der Waals surface area (Å²) in [4.78, 5) is 13.9. The molecule has 1 saturated heterocycles. The van der Waals surface area contributed by atoms with E-state index in [1.807, 2.05) is 18.2 Å². The van der Waals surface area contributed by atoms with Crippen LogP contribution in [0.15, 0.2) is 30.3 Å². The summed E-state index contributed by atoms with van der Waals surface area (Å²) < 4.78 is 0. The monoisotopic (exact) mass is 287 g/mol. The van der Waals surface area contributed by atoms with Crippen molar-refractivity contribution < 1.29 is 9.90 Å². The Bertz CT molecular complexity index is 471. The zero-order chi connectivity index (χ0) is 14.7. The Morgan fingerprint density at radius 2 is 1.86 bits per heavy atom. The topological polar surface area (TPSA) is 40.5 Å². The maximum absolute atomic E-state index is 11.4. The summed E-state index contributed by atoms with van der Waals surface area (Å²) in [5.41, 5.74) is 1.16. The van der Waals surface area contributed by atoms with E-state index in [4.69, 9.17) is 0 Å². The molecule has 1 unspecified atom stereocenters. The highest BCUT2D eigenvalue weighted by atomic mass is 16.4. The first-order chi connectivity index (χ1) is 10.3. The van der Waals surface area contributed by atoms with Crippen molar-refractivity contribution in [3.63, 3.8) is 0 Å². The smallest absolute Gasteiger partial charge is 0.305 e. The second kappa shape index (κ2) is 6.61. The van der Waals surface area contributed by atoms with Crippen molar-refractivity contribution in [1.29, 1.82) is 0 Å². The second-order valence-electron chi connectivity index (χ2n) is 6.52. The number of hydrogen-bond acceptors (Lipinski definition) is 2. The van der Waals surface area contributed by atoms with Crippen molar-refractivity contribution in [2.45, 2.75) is 57.0 Å². The largest absolute Gasteiger partial charge is 0.481 e. The molecule has 21 heavy (non-hydrogen) atoms. The van der Waals surface area contributed by atoms with Gasteiger partial charge in [0, 0.05) is 12.1 Å². The Kier molecular flexibility index (Phi) is 4.59. The van der Waals surface area contributed by atoms with Gasteiger partial charge < -0.3 is 5.11 Å². The zero-order valence-corrected chi connectivity index (χ0v) is 12.6. The highest BCUT2D eigenvalue weighted by molar-refractivity contribution is 5.68. The van der Waals surface area contributed by atoms with Gasteiger partial charge in [-0.2, -0.15) is 0 Å². The Balaban J connectivity index is 1.86. The Labute approximate surface area is 127 Å². The summed E-state index contributed by atoms with van der Waals surface area (Å²) in [6.07, 6.45) is 7.98. The summed E-state index contributed by atoms with van der Waals surface area (Å²) in [5, 5.41) is 9.35. The number of piperidine rings is 1. The molecular formula is C18H25NO2. The molecular weight excluding hydrogens is 262 g/mol. The predicted molar refractivity (Wildman–Crippen MR) is 83.1 cm³/mol. The van der Waals surface area contributed by atoms with Gasteiger partial charge in [0.1, 0.15) is 0 Å². The number of benzene rings is 1. The van der Waals surface area contributed by atoms with Gasteiger partial charge in [0.15, 0.2) is 0 Å². The van der Waals surface area contributed by atoms with E-state index in [-0.39, 0.29) is 12.5 Å². The van der Waals surface area contributed by atoms with Gasteiger partial charge in [0.05, 0.1) is 6.42 Å². The second-order valence-corrected chi connectivity index (χ2v) is 6.52. The zero-order valence-electron chi connectivity index (χ0n) is 12.6. The van der Waals surface area contributed by atoms with E-state index in [2.05, 4.69) is 17.0 Å². The SMILES string of the molecule is O=C(O)CC(c1ccccc1)N1CCC[C@H]2CCCC[C@H]21. The van der Waals surface area contributed by atoms with Crippen molar-refractivity contribution in [3.05, 3.63) is 35.9 Å². The lowest BCUT2D eigenvalue weighted by Gasteiger charge is -2.47. The van der Waals surface area contributed by atoms with E-state index in [0.717, 1.165) is 18.0 Å². The van der Waals surface area contributed by atoms with Gasteiger partial charge in [0.2, 0.25) is 0 Å². The minimum atomic E-state index is -0.693. The fourth-order valence-electron chi connectivity index (χ4n) is 4.32. The molecule has 2 fully saturated rings. The van der Waals surface area contributed by atoms with Crippen LogP contribution in [0.1, 0.15) is 56.6 Å². The van der Waals surface area contributed by atoms with Crippen LogP contribution >= 0.6 is 0 Å². The molecule has 3 heteroatoms. The van der Waals surface area contributed by atoms with Gasteiger partial charge in [-0.3, -0.25) is 9.69 Å². The number of aliphatic carboxylic acids is 1. The summed E-state index contributed by atoms with van der Waals surface area (Å²) in [6, 6.07) is 10.8. The van der Waals surface area contributed by atoms with Crippen LogP contribution in [0.4, 0.5) is 0 Å². The molecule has 1 aliphatic heterocycles. The van der Waals surface area contributed by atoms with Crippen LogP contribution in [0.5, 0.6) is 0 Å². The van der Waals surface area contributed by atoms with Crippen LogP contribution in [0.25, 0.3) is 0 Å². The molecule has 0 aromatic heterocycles. The molecule has 1 saturated carbocycles. The van der Waals surface area contributed by atoms with Crippen LogP contribution in [-0.4, -0.2) is 28.6 Å². The van der Waals surface area contributed by atoms with Gasteiger partial charge in [-0.25, -0.2) is 0 Å². The highest BCUT2D eigenvalue weighted by Gasteiger charge is 2.37. The molecule has 1 N–H and O–H groups in total. The van der Waals surface area contributed by atoms with Gasteiger partial charge in [-0.1, -0.05) is 43.2 Å². The maximum Gasteiger partial charge on any atom is 0.305 e. The fraction of sp³-hybridized carbons (Fsp3) is 0.611. The van der Waals surface area contributed by atoms with Crippen molar-refractivity contribution >= 4 is 5.97 Å². The van der Waals surface area contributed by atoms with Crippen LogP contribution in [0.3, 0.4) is 0 Å². The van der Waals surface area contributed by atoms with E-state index in [0.29, 0.717) is 6.04 Å². The van der Waals surface area contributed by atoms with Crippen molar-refractivity contribution in [2.75, 3.05) is 6.54 Å². The molecule has 0 amide bonds. The minimum absolute atomic E-state index is 0.0367. The first-order valence-electron chi connectivity index (χ1n) is 8.28. The highest BCUT2D eigenvalue weighted by Crippen LogP contribution is 2.40. The molecule has 1 aliphatic carbocycles. The average Bonchev–Trinajstić information content (AvgIpc) is 2.53. The quantitative estimate of drug-likeness (QED) is 0.914. The lowest BCUT2D eigenvalue weighted by atomic mass is 9.77. The third-order valence-electron chi connectivity index (χ3n) is 5.24. The van der Waals surface area contributed by atoms with Crippen molar-refractivity contribution in [2.24, 2.45) is 5.92 Å². The minimum Gasteiger partial charge on any atom is -0.481 e. The molecule has 0 radical (unpaired) electrons. The van der Waals surface area contributed by atoms with Crippen LogP contribution < -0.4 is 0 Å². The molecule has 0 bridgehead atoms. The number of rotatable bonds is 4. The van der Waals surface area contributed by atoms with Gasteiger partial charge in [0.25, 0.3) is 0 Å². The van der Waals surface area contributed by atoms with Crippen molar-refractivity contribution in [1.82, 2.24) is 4.90 Å². The van der Waals surface area contributed by atoms with Crippen LogP contribution in [0, 0.1) is 5.92 Å². The molecule has 1 aromatic carbocycles. The lowest BCUT2D eigenvalue weighted by Crippen LogP contribution is -2.48. The van der Waals surface area contributed by atoms with Crippen LogP contribution in [0.2, 0.25) is 0 Å². The summed E-state index contributed by atoms with van der Waals surface area (Å²) >= 11 is 0. The third kappa shape index (κ3) is 3.29. The Morgan fingerprint density at radius 1 is 1.14 bits per heavy atom. The first-order valence-corrected chi connectivity index (χ1v) is 8.28. The number of hydrogen-bond donors (Lipinski definition) is 1. The van der Waals surface area contributed by atoms with Crippen LogP contribution in [-0.2, 0) is 4.79 Å². The van der Waals surface area contributed by atoms with E-state index >= 15 is 0 Å². The number of carboxylic acid groups (broad SMARTS) is 1. The van der Waals surface area contributed by atoms with E-state index in [1.54, 1.807) is 0 Å². The molecule has 3 atom stereocenters. The molecule has 0 spiro atoms. The molecule has 3 rings (SSSR count). The van der Waals surface area contributed by atoms with Gasteiger partial charge in [-0.15, -0.1) is 0 Å². The maximum atomic E-state index is 11.4. The molecule has 1 aromatic rings. The van der Waals surface area contributed by atoms with Crippen molar-refractivity contribution in [3.8, 4) is 0 Å².